The third kappa shape index (κ3) is 2.90. The van der Waals surface area contributed by atoms with Crippen LogP contribution in [-0.4, -0.2) is 31.3 Å². The first-order chi connectivity index (χ1) is 4.93. The Morgan fingerprint density at radius 3 is 3.10 bits per heavy atom. The number of thioether (sulfide) groups is 1. The predicted molar refractivity (Wildman–Crippen MR) is 45.3 cm³/mol. The van der Waals surface area contributed by atoms with Gasteiger partial charge in [0.05, 0.1) is 6.61 Å². The topological polar surface area (TPSA) is 35.2 Å². The van der Waals surface area contributed by atoms with Gasteiger partial charge in [0.15, 0.2) is 0 Å². The highest BCUT2D eigenvalue weighted by atomic mass is 32.2. The van der Waals surface area contributed by atoms with Crippen molar-refractivity contribution in [3.63, 3.8) is 0 Å². The van der Waals surface area contributed by atoms with Crippen LogP contribution in [0.15, 0.2) is 0 Å². The molecule has 1 fully saturated rings. The Morgan fingerprint density at radius 1 is 1.60 bits per heavy atom. The molecular weight excluding hydrogens is 146 g/mol. The molecule has 0 radical (unpaired) electrons. The van der Waals surface area contributed by atoms with E-state index in [2.05, 4.69) is 0 Å². The minimum Gasteiger partial charge on any atom is -0.381 e. The van der Waals surface area contributed by atoms with E-state index < -0.39 is 0 Å². The van der Waals surface area contributed by atoms with Crippen molar-refractivity contribution < 1.29 is 4.74 Å². The fourth-order valence-corrected chi connectivity index (χ4v) is 1.98. The fraction of sp³-hybridized carbons (Fsp3) is 1.00. The Kier molecular flexibility index (Phi) is 4.18. The molecule has 1 heterocycles. The molecule has 0 amide bonds. The summed E-state index contributed by atoms with van der Waals surface area (Å²) in [4.78, 5) is 0. The molecule has 1 aliphatic rings. The van der Waals surface area contributed by atoms with Gasteiger partial charge in [-0.3, -0.25) is 0 Å². The third-order valence-electron chi connectivity index (χ3n) is 1.64. The summed E-state index contributed by atoms with van der Waals surface area (Å²) < 4.78 is 5.24. The molecule has 0 spiro atoms. The highest BCUT2D eigenvalue weighted by molar-refractivity contribution is 7.99. The molecule has 0 aromatic heterocycles. The van der Waals surface area contributed by atoms with Crippen LogP contribution in [0.2, 0.25) is 0 Å². The predicted octanol–water partition coefficient (Wildman–Crippen LogP) is 0.715. The van der Waals surface area contributed by atoms with Crippen LogP contribution in [0.5, 0.6) is 0 Å². The number of rotatable bonds is 4. The van der Waals surface area contributed by atoms with Crippen LogP contribution in [-0.2, 0) is 4.74 Å². The van der Waals surface area contributed by atoms with E-state index in [4.69, 9.17) is 10.5 Å². The largest absolute Gasteiger partial charge is 0.381 e. The zero-order valence-corrected chi connectivity index (χ0v) is 7.03. The molecule has 0 aromatic rings. The number of hydrogen-bond donors (Lipinski definition) is 1. The monoisotopic (exact) mass is 161 g/mol. The first kappa shape index (κ1) is 8.37. The number of ether oxygens (including phenoxy) is 1. The van der Waals surface area contributed by atoms with Crippen molar-refractivity contribution >= 4 is 11.8 Å². The first-order valence-corrected chi connectivity index (χ1v) is 4.94. The van der Waals surface area contributed by atoms with Crippen molar-refractivity contribution in [2.24, 2.45) is 11.7 Å². The average molecular weight is 161 g/mol. The van der Waals surface area contributed by atoms with Crippen LogP contribution in [0.4, 0.5) is 0 Å². The summed E-state index contributed by atoms with van der Waals surface area (Å²) in [5, 5.41) is 0. The van der Waals surface area contributed by atoms with Crippen molar-refractivity contribution in [3.05, 3.63) is 0 Å². The van der Waals surface area contributed by atoms with E-state index in [9.17, 15) is 0 Å². The Labute approximate surface area is 66.5 Å². The Balaban J connectivity index is 1.91. The minimum atomic E-state index is 0.802. The summed E-state index contributed by atoms with van der Waals surface area (Å²) in [5.74, 6) is 3.13. The highest BCUT2D eigenvalue weighted by Crippen LogP contribution is 2.17. The zero-order chi connectivity index (χ0) is 7.23. The molecular formula is C7H15NOS. The maximum absolute atomic E-state index is 5.36. The summed E-state index contributed by atoms with van der Waals surface area (Å²) in [5.41, 5.74) is 5.36. The van der Waals surface area contributed by atoms with E-state index in [0.717, 1.165) is 31.4 Å². The van der Waals surface area contributed by atoms with Gasteiger partial charge in [0.1, 0.15) is 0 Å². The van der Waals surface area contributed by atoms with Crippen molar-refractivity contribution in [1.29, 1.82) is 0 Å². The maximum Gasteiger partial charge on any atom is 0.0503 e. The molecule has 1 saturated heterocycles. The molecule has 0 saturated carbocycles. The summed E-state index contributed by atoms with van der Waals surface area (Å²) in [6.45, 7) is 2.74. The molecule has 0 aliphatic carbocycles. The lowest BCUT2D eigenvalue weighted by atomic mass is 10.2. The lowest BCUT2D eigenvalue weighted by Crippen LogP contribution is -2.07. The van der Waals surface area contributed by atoms with Crippen LogP contribution in [0, 0.1) is 5.92 Å². The Morgan fingerprint density at radius 2 is 2.50 bits per heavy atom. The van der Waals surface area contributed by atoms with Gasteiger partial charge in [-0.15, -0.1) is 0 Å². The lowest BCUT2D eigenvalue weighted by Gasteiger charge is -2.04. The van der Waals surface area contributed by atoms with E-state index in [1.807, 2.05) is 11.8 Å². The van der Waals surface area contributed by atoms with Gasteiger partial charge >= 0.3 is 0 Å². The standard InChI is InChI=1S/C7H15NOS/c8-2-4-10-6-7-1-3-9-5-7/h7H,1-6,8H2. The Bertz CT molecular complexity index is 83.7. The summed E-state index contributed by atoms with van der Waals surface area (Å²) in [6.07, 6.45) is 1.25. The molecule has 1 aliphatic heterocycles. The van der Waals surface area contributed by atoms with Gasteiger partial charge in [-0.25, -0.2) is 0 Å². The van der Waals surface area contributed by atoms with E-state index in [0.29, 0.717) is 0 Å². The molecule has 1 rings (SSSR count). The van der Waals surface area contributed by atoms with Crippen molar-refractivity contribution in [1.82, 2.24) is 0 Å². The normalized spacial score (nSPS) is 25.5. The van der Waals surface area contributed by atoms with E-state index in [-0.39, 0.29) is 0 Å². The third-order valence-corrected chi connectivity index (χ3v) is 2.87. The van der Waals surface area contributed by atoms with Crippen LogP contribution < -0.4 is 5.73 Å². The minimum absolute atomic E-state index is 0.802. The molecule has 0 bridgehead atoms. The van der Waals surface area contributed by atoms with Gasteiger partial charge in [-0.1, -0.05) is 0 Å². The molecule has 3 heteroatoms. The van der Waals surface area contributed by atoms with Gasteiger partial charge in [0.25, 0.3) is 0 Å². The second-order valence-corrected chi connectivity index (χ2v) is 3.74. The molecule has 10 heavy (non-hydrogen) atoms. The second kappa shape index (κ2) is 4.99. The highest BCUT2D eigenvalue weighted by Gasteiger charge is 2.14. The van der Waals surface area contributed by atoms with Gasteiger partial charge < -0.3 is 10.5 Å². The van der Waals surface area contributed by atoms with Gasteiger partial charge in [-0.2, -0.15) is 11.8 Å². The van der Waals surface area contributed by atoms with Crippen LogP contribution in [0.1, 0.15) is 6.42 Å². The van der Waals surface area contributed by atoms with Crippen LogP contribution in [0.3, 0.4) is 0 Å². The van der Waals surface area contributed by atoms with Gasteiger partial charge in [-0.05, 0) is 18.1 Å². The Hall–Kier alpha value is 0.270. The molecule has 2 N–H and O–H groups in total. The van der Waals surface area contributed by atoms with Crippen molar-refractivity contribution in [3.8, 4) is 0 Å². The fourth-order valence-electron chi connectivity index (χ4n) is 1.05. The number of nitrogens with two attached hydrogens (primary N) is 1. The maximum atomic E-state index is 5.36. The van der Waals surface area contributed by atoms with Crippen molar-refractivity contribution in [2.75, 3.05) is 31.3 Å². The van der Waals surface area contributed by atoms with Crippen LogP contribution >= 0.6 is 11.8 Å². The van der Waals surface area contributed by atoms with Crippen molar-refractivity contribution in [2.45, 2.75) is 6.42 Å². The summed E-state index contributed by atoms with van der Waals surface area (Å²) in [6, 6.07) is 0. The van der Waals surface area contributed by atoms with Gasteiger partial charge in [0.2, 0.25) is 0 Å². The molecule has 60 valence electrons. The van der Waals surface area contributed by atoms with E-state index in [1.54, 1.807) is 0 Å². The number of hydrogen-bond acceptors (Lipinski definition) is 3. The van der Waals surface area contributed by atoms with E-state index in [1.165, 1.54) is 12.2 Å². The quantitative estimate of drug-likeness (QED) is 0.617. The molecule has 0 aromatic carbocycles. The van der Waals surface area contributed by atoms with E-state index >= 15 is 0 Å². The molecule has 1 unspecified atom stereocenters. The molecule has 2 nitrogen and oxygen atoms in total. The summed E-state index contributed by atoms with van der Waals surface area (Å²) in [7, 11) is 0. The smallest absolute Gasteiger partial charge is 0.0503 e. The lowest BCUT2D eigenvalue weighted by molar-refractivity contribution is 0.189. The summed E-state index contributed by atoms with van der Waals surface area (Å²) >= 11 is 1.95. The van der Waals surface area contributed by atoms with Gasteiger partial charge in [0, 0.05) is 18.9 Å². The molecule has 1 atom stereocenters. The average Bonchev–Trinajstić information content (AvgIpc) is 2.41. The zero-order valence-electron chi connectivity index (χ0n) is 6.21. The van der Waals surface area contributed by atoms with Crippen LogP contribution in [0.25, 0.3) is 0 Å². The SMILES string of the molecule is NCCSCC1CCOC1. The first-order valence-electron chi connectivity index (χ1n) is 3.79. The second-order valence-electron chi connectivity index (χ2n) is 2.59.